The van der Waals surface area contributed by atoms with Crippen LogP contribution in [0.2, 0.25) is 0 Å². The van der Waals surface area contributed by atoms with Gasteiger partial charge in [0.2, 0.25) is 0 Å². The van der Waals surface area contributed by atoms with Gasteiger partial charge < -0.3 is 0 Å². The lowest BCUT2D eigenvalue weighted by Crippen LogP contribution is -2.04. The minimum atomic E-state index is 0.290. The van der Waals surface area contributed by atoms with Crippen LogP contribution in [0.1, 0.15) is 32.1 Å². The van der Waals surface area contributed by atoms with Gasteiger partial charge in [0.15, 0.2) is 0 Å². The fraction of sp³-hybridized carbons (Fsp3) is 0.500. The Bertz CT molecular complexity index is 319. The fourth-order valence-electron chi connectivity index (χ4n) is 1.80. The van der Waals surface area contributed by atoms with Crippen molar-refractivity contribution >= 4 is 0 Å². The van der Waals surface area contributed by atoms with E-state index in [1.807, 2.05) is 18.2 Å². The van der Waals surface area contributed by atoms with Crippen LogP contribution < -0.4 is 0 Å². The Morgan fingerprint density at radius 3 is 2.29 bits per heavy atom. The maximum atomic E-state index is 8.83. The molecule has 0 unspecified atom stereocenters. The second kappa shape index (κ2) is 5.25. The largest absolute Gasteiger partial charge is 0.192 e. The summed E-state index contributed by atoms with van der Waals surface area (Å²) in [7, 11) is 0. The molecule has 1 fully saturated rings. The zero-order chi connectivity index (χ0) is 10.4. The summed E-state index contributed by atoms with van der Waals surface area (Å²) in [6, 6.07) is 3.96. The quantitative estimate of drug-likeness (QED) is 0.491. The number of nitrogens with zero attached hydrogens (tertiary/aromatic N) is 2. The van der Waals surface area contributed by atoms with E-state index in [2.05, 4.69) is 6.58 Å². The van der Waals surface area contributed by atoms with E-state index >= 15 is 0 Å². The van der Waals surface area contributed by atoms with Crippen LogP contribution in [0.15, 0.2) is 23.8 Å². The molecule has 0 aromatic rings. The first-order valence-electron chi connectivity index (χ1n) is 4.99. The van der Waals surface area contributed by atoms with Gasteiger partial charge in [0.05, 0.1) is 17.2 Å². The molecule has 2 heteroatoms. The first-order valence-corrected chi connectivity index (χ1v) is 4.99. The molecule has 0 aromatic carbocycles. The van der Waals surface area contributed by atoms with Crippen LogP contribution in [0, 0.1) is 28.6 Å². The normalized spacial score (nSPS) is 18.3. The zero-order valence-corrected chi connectivity index (χ0v) is 8.29. The smallest absolute Gasteiger partial charge is 0.100 e. The van der Waals surface area contributed by atoms with Gasteiger partial charge >= 0.3 is 0 Å². The number of nitriles is 2. The summed E-state index contributed by atoms with van der Waals surface area (Å²) >= 11 is 0. The van der Waals surface area contributed by atoms with Gasteiger partial charge in [-0.3, -0.25) is 0 Å². The van der Waals surface area contributed by atoms with Crippen molar-refractivity contribution in [2.24, 2.45) is 5.92 Å². The molecule has 0 spiro atoms. The van der Waals surface area contributed by atoms with E-state index in [4.69, 9.17) is 10.5 Å². The van der Waals surface area contributed by atoms with E-state index in [1.54, 1.807) is 0 Å². The molecule has 0 amide bonds. The summed E-state index contributed by atoms with van der Waals surface area (Å²) in [6.45, 7) is 3.56. The molecule has 0 heterocycles. The van der Waals surface area contributed by atoms with E-state index < -0.39 is 0 Å². The zero-order valence-electron chi connectivity index (χ0n) is 8.29. The minimum Gasteiger partial charge on any atom is -0.192 e. The molecule has 1 saturated carbocycles. The van der Waals surface area contributed by atoms with Crippen LogP contribution in [0.4, 0.5) is 0 Å². The topological polar surface area (TPSA) is 47.6 Å². The highest BCUT2D eigenvalue weighted by Gasteiger charge is 2.12. The van der Waals surface area contributed by atoms with E-state index in [-0.39, 0.29) is 5.57 Å². The average Bonchev–Trinajstić information content (AvgIpc) is 2.26. The fourth-order valence-corrected chi connectivity index (χ4v) is 1.80. The molecule has 14 heavy (non-hydrogen) atoms. The van der Waals surface area contributed by atoms with Crippen LogP contribution in [0.5, 0.6) is 0 Å². The van der Waals surface area contributed by atoms with Crippen molar-refractivity contribution in [3.63, 3.8) is 0 Å². The molecule has 0 aliphatic heterocycles. The Morgan fingerprint density at radius 1 is 1.14 bits per heavy atom. The first-order chi connectivity index (χ1) is 6.77. The monoisotopic (exact) mass is 186 g/mol. The third-order valence-corrected chi connectivity index (χ3v) is 2.63. The molecule has 72 valence electrons. The Kier molecular flexibility index (Phi) is 3.95. The molecule has 0 atom stereocenters. The summed E-state index contributed by atoms with van der Waals surface area (Å²) < 4.78 is 0. The molecule has 0 bridgehead atoms. The van der Waals surface area contributed by atoms with E-state index in [9.17, 15) is 0 Å². The maximum Gasteiger partial charge on any atom is 0.100 e. The highest BCUT2D eigenvalue weighted by molar-refractivity contribution is 5.48. The second-order valence-corrected chi connectivity index (χ2v) is 3.68. The third-order valence-electron chi connectivity index (χ3n) is 2.63. The van der Waals surface area contributed by atoms with Gasteiger partial charge in [-0.05, 0) is 18.8 Å². The predicted octanol–water partition coefficient (Wildman–Crippen LogP) is 3.10. The van der Waals surface area contributed by atoms with Gasteiger partial charge in [0.1, 0.15) is 6.07 Å². The molecule has 0 saturated heterocycles. The van der Waals surface area contributed by atoms with Crippen LogP contribution in [0.25, 0.3) is 0 Å². The highest BCUT2D eigenvalue weighted by Crippen LogP contribution is 2.26. The van der Waals surface area contributed by atoms with Crippen molar-refractivity contribution in [3.8, 4) is 12.1 Å². The number of allylic oxidation sites excluding steroid dienone is 3. The Hall–Kier alpha value is -1.54. The van der Waals surface area contributed by atoms with E-state index in [0.29, 0.717) is 11.5 Å². The molecule has 1 aliphatic carbocycles. The van der Waals surface area contributed by atoms with Crippen LogP contribution in [-0.4, -0.2) is 0 Å². The third kappa shape index (κ3) is 2.75. The lowest BCUT2D eigenvalue weighted by Gasteiger charge is -2.18. The first kappa shape index (κ1) is 10.5. The number of hydrogen-bond acceptors (Lipinski definition) is 2. The molecule has 2 nitrogen and oxygen atoms in total. The summed E-state index contributed by atoms with van der Waals surface area (Å²) in [6.07, 6.45) is 7.97. The SMILES string of the molecule is C=C(C#N)/C(C#N)=C/C1CCCCC1. The van der Waals surface area contributed by atoms with Crippen molar-refractivity contribution in [2.45, 2.75) is 32.1 Å². The van der Waals surface area contributed by atoms with E-state index in [1.165, 1.54) is 19.3 Å². The standard InChI is InChI=1S/C12H14N2/c1-10(8-13)12(9-14)7-11-5-3-2-4-6-11/h7,11H,1-6H2/b12-7+. The predicted molar refractivity (Wildman–Crippen MR) is 55.0 cm³/mol. The van der Waals surface area contributed by atoms with Gasteiger partial charge in [-0.25, -0.2) is 0 Å². The number of hydrogen-bond donors (Lipinski definition) is 0. The van der Waals surface area contributed by atoms with Gasteiger partial charge in [-0.15, -0.1) is 0 Å². The molecule has 1 rings (SSSR count). The van der Waals surface area contributed by atoms with Gasteiger partial charge in [-0.1, -0.05) is 31.9 Å². The lowest BCUT2D eigenvalue weighted by atomic mass is 9.87. The Morgan fingerprint density at radius 2 is 1.79 bits per heavy atom. The van der Waals surface area contributed by atoms with Gasteiger partial charge in [0.25, 0.3) is 0 Å². The molecule has 0 aromatic heterocycles. The summed E-state index contributed by atoms with van der Waals surface area (Å²) in [4.78, 5) is 0. The average molecular weight is 186 g/mol. The van der Waals surface area contributed by atoms with Crippen molar-refractivity contribution in [2.75, 3.05) is 0 Å². The van der Waals surface area contributed by atoms with E-state index in [0.717, 1.165) is 12.8 Å². The van der Waals surface area contributed by atoms with Crippen molar-refractivity contribution < 1.29 is 0 Å². The van der Waals surface area contributed by atoms with Gasteiger partial charge in [-0.2, -0.15) is 10.5 Å². The Balaban J connectivity index is 2.69. The second-order valence-electron chi connectivity index (χ2n) is 3.68. The molecular formula is C12H14N2. The van der Waals surface area contributed by atoms with Crippen molar-refractivity contribution in [1.29, 1.82) is 10.5 Å². The summed E-state index contributed by atoms with van der Waals surface area (Å²) in [5.41, 5.74) is 0.748. The summed E-state index contributed by atoms with van der Waals surface area (Å²) in [5, 5.41) is 17.5. The highest BCUT2D eigenvalue weighted by atomic mass is 14.3. The summed E-state index contributed by atoms with van der Waals surface area (Å²) in [5.74, 6) is 0.475. The number of rotatable bonds is 2. The van der Waals surface area contributed by atoms with Crippen molar-refractivity contribution in [3.05, 3.63) is 23.8 Å². The molecule has 1 aliphatic rings. The van der Waals surface area contributed by atoms with Gasteiger partial charge in [0, 0.05) is 0 Å². The van der Waals surface area contributed by atoms with Crippen molar-refractivity contribution in [1.82, 2.24) is 0 Å². The van der Waals surface area contributed by atoms with Crippen LogP contribution in [0.3, 0.4) is 0 Å². The molecule has 0 N–H and O–H groups in total. The molecular weight excluding hydrogens is 172 g/mol. The molecule has 0 radical (unpaired) electrons. The maximum absolute atomic E-state index is 8.83. The lowest BCUT2D eigenvalue weighted by molar-refractivity contribution is 0.418. The minimum absolute atomic E-state index is 0.290. The van der Waals surface area contributed by atoms with Crippen LogP contribution >= 0.6 is 0 Å². The van der Waals surface area contributed by atoms with Crippen LogP contribution in [-0.2, 0) is 0 Å². The Labute approximate surface area is 85.2 Å².